The normalized spacial score (nSPS) is 16.8. The number of rotatable bonds is 5. The maximum atomic E-state index is 9.27. The lowest BCUT2D eigenvalue weighted by Gasteiger charge is -2.13. The van der Waals surface area contributed by atoms with E-state index in [0.29, 0.717) is 12.5 Å². The standard InChI is InChI=1S/C8H19NO/c1-3-7(2)6-8(10)4-5-9/h7-8,10H,3-6,9H2,1-2H3. The zero-order valence-electron chi connectivity index (χ0n) is 7.01. The van der Waals surface area contributed by atoms with Gasteiger partial charge in [0.2, 0.25) is 0 Å². The molecule has 2 heteroatoms. The highest BCUT2D eigenvalue weighted by Gasteiger charge is 2.06. The molecule has 0 aromatic rings. The van der Waals surface area contributed by atoms with Crippen molar-refractivity contribution in [2.75, 3.05) is 6.54 Å². The van der Waals surface area contributed by atoms with Crippen molar-refractivity contribution in [1.29, 1.82) is 0 Å². The first-order valence-corrected chi connectivity index (χ1v) is 4.08. The predicted molar refractivity (Wildman–Crippen MR) is 43.8 cm³/mol. The van der Waals surface area contributed by atoms with Gasteiger partial charge in [-0.25, -0.2) is 0 Å². The summed E-state index contributed by atoms with van der Waals surface area (Å²) in [5, 5.41) is 9.27. The van der Waals surface area contributed by atoms with Crippen LogP contribution in [0.3, 0.4) is 0 Å². The SMILES string of the molecule is CCC(C)CC(O)CCN. The van der Waals surface area contributed by atoms with Crippen LogP contribution in [0.15, 0.2) is 0 Å². The molecule has 0 rings (SSSR count). The summed E-state index contributed by atoms with van der Waals surface area (Å²) in [5.74, 6) is 0.626. The minimum Gasteiger partial charge on any atom is -0.393 e. The Morgan fingerprint density at radius 1 is 1.50 bits per heavy atom. The molecule has 0 heterocycles. The lowest BCUT2D eigenvalue weighted by atomic mass is 9.99. The Hall–Kier alpha value is -0.0800. The second kappa shape index (κ2) is 5.69. The Morgan fingerprint density at radius 2 is 2.10 bits per heavy atom. The number of nitrogens with two attached hydrogens (primary N) is 1. The summed E-state index contributed by atoms with van der Waals surface area (Å²) in [6, 6.07) is 0. The molecule has 10 heavy (non-hydrogen) atoms. The third-order valence-electron chi connectivity index (χ3n) is 1.87. The third kappa shape index (κ3) is 4.77. The number of hydrogen-bond donors (Lipinski definition) is 2. The number of aliphatic hydroxyl groups excluding tert-OH is 1. The highest BCUT2D eigenvalue weighted by atomic mass is 16.3. The van der Waals surface area contributed by atoms with Gasteiger partial charge in [0.25, 0.3) is 0 Å². The first-order valence-electron chi connectivity index (χ1n) is 4.08. The van der Waals surface area contributed by atoms with Gasteiger partial charge >= 0.3 is 0 Å². The molecule has 0 spiro atoms. The summed E-state index contributed by atoms with van der Waals surface area (Å²) < 4.78 is 0. The van der Waals surface area contributed by atoms with Crippen LogP contribution in [-0.4, -0.2) is 17.8 Å². The fourth-order valence-electron chi connectivity index (χ4n) is 0.941. The van der Waals surface area contributed by atoms with Crippen molar-refractivity contribution in [3.05, 3.63) is 0 Å². The monoisotopic (exact) mass is 145 g/mol. The van der Waals surface area contributed by atoms with Crippen LogP contribution in [0.25, 0.3) is 0 Å². The average Bonchev–Trinajstić information content (AvgIpc) is 1.88. The van der Waals surface area contributed by atoms with Gasteiger partial charge < -0.3 is 10.8 Å². The van der Waals surface area contributed by atoms with E-state index in [1.165, 1.54) is 0 Å². The van der Waals surface area contributed by atoms with Crippen LogP contribution < -0.4 is 5.73 Å². The molecule has 0 saturated heterocycles. The molecule has 3 N–H and O–H groups in total. The number of hydrogen-bond acceptors (Lipinski definition) is 2. The van der Waals surface area contributed by atoms with Crippen molar-refractivity contribution in [3.8, 4) is 0 Å². The molecule has 0 aliphatic carbocycles. The molecular weight excluding hydrogens is 126 g/mol. The van der Waals surface area contributed by atoms with Crippen molar-refractivity contribution in [3.63, 3.8) is 0 Å². The van der Waals surface area contributed by atoms with E-state index in [-0.39, 0.29) is 6.10 Å². The maximum absolute atomic E-state index is 9.27. The fraction of sp³-hybridized carbons (Fsp3) is 1.00. The van der Waals surface area contributed by atoms with Gasteiger partial charge in [0.15, 0.2) is 0 Å². The molecule has 2 atom stereocenters. The van der Waals surface area contributed by atoms with E-state index >= 15 is 0 Å². The van der Waals surface area contributed by atoms with Crippen molar-refractivity contribution in [1.82, 2.24) is 0 Å². The largest absolute Gasteiger partial charge is 0.393 e. The summed E-state index contributed by atoms with van der Waals surface area (Å²) >= 11 is 0. The Morgan fingerprint density at radius 3 is 2.50 bits per heavy atom. The zero-order valence-corrected chi connectivity index (χ0v) is 7.01. The molecule has 2 nitrogen and oxygen atoms in total. The third-order valence-corrected chi connectivity index (χ3v) is 1.87. The zero-order chi connectivity index (χ0) is 7.98. The van der Waals surface area contributed by atoms with Gasteiger partial charge in [0.1, 0.15) is 0 Å². The molecule has 0 bridgehead atoms. The highest BCUT2D eigenvalue weighted by Crippen LogP contribution is 2.10. The number of aliphatic hydroxyl groups is 1. The lowest BCUT2D eigenvalue weighted by molar-refractivity contribution is 0.138. The molecular formula is C8H19NO. The average molecular weight is 145 g/mol. The Labute approximate surface area is 63.4 Å². The minimum atomic E-state index is -0.181. The van der Waals surface area contributed by atoms with Gasteiger partial charge in [-0.2, -0.15) is 0 Å². The first-order chi connectivity index (χ1) is 4.70. The second-order valence-electron chi connectivity index (χ2n) is 2.98. The van der Waals surface area contributed by atoms with Gasteiger partial charge in [-0.05, 0) is 25.3 Å². The smallest absolute Gasteiger partial charge is 0.0554 e. The van der Waals surface area contributed by atoms with Crippen molar-refractivity contribution in [2.45, 2.75) is 39.2 Å². The van der Waals surface area contributed by atoms with Crippen LogP contribution in [0, 0.1) is 5.92 Å². The lowest BCUT2D eigenvalue weighted by Crippen LogP contribution is -2.16. The molecule has 0 aromatic carbocycles. The van der Waals surface area contributed by atoms with Crippen LogP contribution in [0.4, 0.5) is 0 Å². The summed E-state index contributed by atoms with van der Waals surface area (Å²) in [7, 11) is 0. The Bertz CT molecular complexity index is 75.7. The van der Waals surface area contributed by atoms with Crippen LogP contribution >= 0.6 is 0 Å². The summed E-state index contributed by atoms with van der Waals surface area (Å²) in [4.78, 5) is 0. The predicted octanol–water partition coefficient (Wildman–Crippen LogP) is 1.13. The topological polar surface area (TPSA) is 46.2 Å². The first kappa shape index (κ1) is 9.92. The van der Waals surface area contributed by atoms with Crippen molar-refractivity contribution in [2.24, 2.45) is 11.7 Å². The molecule has 0 amide bonds. The molecule has 0 saturated carbocycles. The molecule has 0 fully saturated rings. The van der Waals surface area contributed by atoms with E-state index in [2.05, 4.69) is 13.8 Å². The molecule has 0 aliphatic heterocycles. The van der Waals surface area contributed by atoms with Crippen LogP contribution in [0.2, 0.25) is 0 Å². The second-order valence-corrected chi connectivity index (χ2v) is 2.98. The molecule has 0 aliphatic rings. The van der Waals surface area contributed by atoms with E-state index in [4.69, 9.17) is 5.73 Å². The van der Waals surface area contributed by atoms with Gasteiger partial charge in [-0.15, -0.1) is 0 Å². The molecule has 2 unspecified atom stereocenters. The van der Waals surface area contributed by atoms with Gasteiger partial charge in [0.05, 0.1) is 6.10 Å². The summed E-state index contributed by atoms with van der Waals surface area (Å²) in [6.07, 6.45) is 2.60. The van der Waals surface area contributed by atoms with E-state index in [9.17, 15) is 5.11 Å². The molecule has 0 radical (unpaired) electrons. The Balaban J connectivity index is 3.27. The van der Waals surface area contributed by atoms with Gasteiger partial charge in [-0.1, -0.05) is 20.3 Å². The summed E-state index contributed by atoms with van der Waals surface area (Å²) in [6.45, 7) is 4.89. The molecule has 0 aromatic heterocycles. The van der Waals surface area contributed by atoms with Gasteiger partial charge in [0, 0.05) is 0 Å². The fourth-order valence-corrected chi connectivity index (χ4v) is 0.941. The van der Waals surface area contributed by atoms with Gasteiger partial charge in [-0.3, -0.25) is 0 Å². The van der Waals surface area contributed by atoms with Crippen LogP contribution in [-0.2, 0) is 0 Å². The van der Waals surface area contributed by atoms with Crippen LogP contribution in [0.1, 0.15) is 33.1 Å². The maximum Gasteiger partial charge on any atom is 0.0554 e. The van der Waals surface area contributed by atoms with Crippen molar-refractivity contribution < 1.29 is 5.11 Å². The minimum absolute atomic E-state index is 0.181. The van der Waals surface area contributed by atoms with Crippen LogP contribution in [0.5, 0.6) is 0 Å². The van der Waals surface area contributed by atoms with E-state index in [1.807, 2.05) is 0 Å². The van der Waals surface area contributed by atoms with Crippen molar-refractivity contribution >= 4 is 0 Å². The summed E-state index contributed by atoms with van der Waals surface area (Å²) in [5.41, 5.74) is 5.29. The quantitative estimate of drug-likeness (QED) is 0.609. The highest BCUT2D eigenvalue weighted by molar-refractivity contribution is 4.60. The van der Waals surface area contributed by atoms with E-state index < -0.39 is 0 Å². The van der Waals surface area contributed by atoms with E-state index in [1.54, 1.807) is 0 Å². The Kier molecular flexibility index (Phi) is 5.64. The van der Waals surface area contributed by atoms with E-state index in [0.717, 1.165) is 19.3 Å². The molecule has 62 valence electrons.